The number of para-hydroxylation sites is 2. The molecule has 126 valence electrons. The summed E-state index contributed by atoms with van der Waals surface area (Å²) in [7, 11) is 0. The van der Waals surface area contributed by atoms with Crippen molar-refractivity contribution in [3.8, 4) is 5.75 Å². The van der Waals surface area contributed by atoms with Crippen molar-refractivity contribution in [1.29, 1.82) is 0 Å². The average molecular weight is 332 g/mol. The molecule has 0 aliphatic carbocycles. The predicted octanol–water partition coefficient (Wildman–Crippen LogP) is 4.40. The zero-order chi connectivity index (χ0) is 17.2. The molecule has 0 fully saturated rings. The van der Waals surface area contributed by atoms with E-state index in [1.54, 1.807) is 4.57 Å². The third kappa shape index (κ3) is 2.80. The van der Waals surface area contributed by atoms with Crippen LogP contribution in [0.25, 0.3) is 21.8 Å². The largest absolute Gasteiger partial charge is 0.473 e. The van der Waals surface area contributed by atoms with Crippen molar-refractivity contribution >= 4 is 21.8 Å². The van der Waals surface area contributed by atoms with Gasteiger partial charge in [-0.1, -0.05) is 49.4 Å². The standard InChI is InChI=1S/C21H20N2O2/c1-2-13-22-19-9-5-6-10-20(19)23(21(22)24)15-25-18-12-11-16-7-3-4-8-17(16)14-18/h3-12,14H,2,13,15H2,1H3. The van der Waals surface area contributed by atoms with Crippen LogP contribution in [0, 0.1) is 0 Å². The van der Waals surface area contributed by atoms with Crippen molar-refractivity contribution in [2.45, 2.75) is 26.6 Å². The number of rotatable bonds is 5. The first-order chi connectivity index (χ1) is 12.3. The molecule has 0 atom stereocenters. The molecule has 0 aliphatic rings. The number of ether oxygens (including phenoxy) is 1. The summed E-state index contributed by atoms with van der Waals surface area (Å²) in [5, 5.41) is 2.30. The van der Waals surface area contributed by atoms with Crippen molar-refractivity contribution in [2.24, 2.45) is 0 Å². The Kier molecular flexibility index (Phi) is 4.02. The van der Waals surface area contributed by atoms with Gasteiger partial charge in [-0.3, -0.25) is 9.13 Å². The molecule has 0 spiro atoms. The van der Waals surface area contributed by atoms with Gasteiger partial charge in [0.15, 0.2) is 6.73 Å². The third-order valence-electron chi connectivity index (χ3n) is 4.45. The summed E-state index contributed by atoms with van der Waals surface area (Å²) >= 11 is 0. The van der Waals surface area contributed by atoms with Crippen LogP contribution in [0.1, 0.15) is 13.3 Å². The van der Waals surface area contributed by atoms with E-state index >= 15 is 0 Å². The Balaban J connectivity index is 1.68. The van der Waals surface area contributed by atoms with Gasteiger partial charge in [0.2, 0.25) is 0 Å². The van der Waals surface area contributed by atoms with Crippen molar-refractivity contribution in [2.75, 3.05) is 0 Å². The van der Waals surface area contributed by atoms with E-state index in [2.05, 4.69) is 19.1 Å². The van der Waals surface area contributed by atoms with Gasteiger partial charge in [-0.15, -0.1) is 0 Å². The highest BCUT2D eigenvalue weighted by atomic mass is 16.5. The number of aryl methyl sites for hydroxylation is 1. The Hall–Kier alpha value is -3.01. The van der Waals surface area contributed by atoms with Gasteiger partial charge in [-0.2, -0.15) is 0 Å². The maximum absolute atomic E-state index is 12.8. The number of hydrogen-bond donors (Lipinski definition) is 0. The minimum absolute atomic E-state index is 0.0242. The Labute approximate surface area is 145 Å². The number of nitrogens with zero attached hydrogens (tertiary/aromatic N) is 2. The smallest absolute Gasteiger partial charge is 0.331 e. The number of benzene rings is 3. The predicted molar refractivity (Wildman–Crippen MR) is 101 cm³/mol. The quantitative estimate of drug-likeness (QED) is 0.543. The maximum Gasteiger partial charge on any atom is 0.331 e. The molecule has 0 saturated carbocycles. The summed E-state index contributed by atoms with van der Waals surface area (Å²) in [5.41, 5.74) is 1.84. The number of aromatic nitrogens is 2. The molecule has 4 nitrogen and oxygen atoms in total. The van der Waals surface area contributed by atoms with E-state index in [0.29, 0.717) is 6.54 Å². The molecule has 4 heteroatoms. The second kappa shape index (κ2) is 6.48. The highest BCUT2D eigenvalue weighted by Crippen LogP contribution is 2.21. The molecule has 0 radical (unpaired) electrons. The monoisotopic (exact) mass is 332 g/mol. The molecule has 1 aromatic heterocycles. The highest BCUT2D eigenvalue weighted by Gasteiger charge is 2.12. The van der Waals surface area contributed by atoms with E-state index in [9.17, 15) is 4.79 Å². The minimum Gasteiger partial charge on any atom is -0.473 e. The second-order valence-electron chi connectivity index (χ2n) is 6.13. The van der Waals surface area contributed by atoms with Crippen molar-refractivity contribution in [3.63, 3.8) is 0 Å². The Bertz CT molecular complexity index is 1090. The summed E-state index contributed by atoms with van der Waals surface area (Å²) in [5.74, 6) is 0.762. The van der Waals surface area contributed by atoms with Gasteiger partial charge < -0.3 is 4.74 Å². The van der Waals surface area contributed by atoms with E-state index in [0.717, 1.165) is 28.6 Å². The SMILES string of the molecule is CCCn1c(=O)n(COc2ccc3ccccc3c2)c2ccccc21. The number of fused-ring (bicyclic) bond motifs is 2. The molecule has 4 rings (SSSR count). The molecule has 3 aromatic carbocycles. The molecular weight excluding hydrogens is 312 g/mol. The minimum atomic E-state index is -0.0242. The Morgan fingerprint density at radius 1 is 0.840 bits per heavy atom. The van der Waals surface area contributed by atoms with E-state index in [1.165, 1.54) is 5.39 Å². The van der Waals surface area contributed by atoms with Crippen molar-refractivity contribution in [3.05, 3.63) is 77.2 Å². The molecule has 0 bridgehead atoms. The number of imidazole rings is 1. The van der Waals surface area contributed by atoms with Crippen LogP contribution in [0.15, 0.2) is 71.5 Å². The van der Waals surface area contributed by atoms with E-state index < -0.39 is 0 Å². The molecule has 25 heavy (non-hydrogen) atoms. The molecule has 0 N–H and O–H groups in total. The van der Waals surface area contributed by atoms with Crippen LogP contribution in [-0.2, 0) is 13.3 Å². The van der Waals surface area contributed by atoms with Crippen LogP contribution < -0.4 is 10.4 Å². The zero-order valence-electron chi connectivity index (χ0n) is 14.2. The molecule has 0 saturated heterocycles. The molecule has 0 aliphatic heterocycles. The zero-order valence-corrected chi connectivity index (χ0v) is 14.2. The fourth-order valence-corrected chi connectivity index (χ4v) is 3.23. The van der Waals surface area contributed by atoms with Gasteiger partial charge in [-0.25, -0.2) is 4.79 Å². The fourth-order valence-electron chi connectivity index (χ4n) is 3.23. The lowest BCUT2D eigenvalue weighted by molar-refractivity contribution is 0.236. The molecule has 0 amide bonds. The van der Waals surface area contributed by atoms with E-state index in [1.807, 2.05) is 59.2 Å². The van der Waals surface area contributed by atoms with Crippen molar-refractivity contribution in [1.82, 2.24) is 9.13 Å². The van der Waals surface area contributed by atoms with Crippen LogP contribution in [0.3, 0.4) is 0 Å². The number of hydrogen-bond acceptors (Lipinski definition) is 2. The summed E-state index contributed by atoms with van der Waals surface area (Å²) < 4.78 is 9.44. The molecule has 4 aromatic rings. The van der Waals surface area contributed by atoms with Crippen LogP contribution >= 0.6 is 0 Å². The lowest BCUT2D eigenvalue weighted by Gasteiger charge is -2.08. The van der Waals surface area contributed by atoms with Crippen LogP contribution in [0.4, 0.5) is 0 Å². The van der Waals surface area contributed by atoms with Gasteiger partial charge in [0, 0.05) is 6.54 Å². The summed E-state index contributed by atoms with van der Waals surface area (Å²) in [6.07, 6.45) is 0.916. The molecular formula is C21H20N2O2. The van der Waals surface area contributed by atoms with E-state index in [4.69, 9.17) is 4.74 Å². The van der Waals surface area contributed by atoms with Crippen LogP contribution in [0.2, 0.25) is 0 Å². The normalized spacial score (nSPS) is 11.2. The van der Waals surface area contributed by atoms with Crippen LogP contribution in [0.5, 0.6) is 5.75 Å². The summed E-state index contributed by atoms with van der Waals surface area (Å²) in [6.45, 7) is 2.99. The second-order valence-corrected chi connectivity index (χ2v) is 6.13. The Morgan fingerprint density at radius 2 is 1.52 bits per heavy atom. The lowest BCUT2D eigenvalue weighted by atomic mass is 10.1. The highest BCUT2D eigenvalue weighted by molar-refractivity contribution is 5.83. The maximum atomic E-state index is 12.8. The summed E-state index contributed by atoms with van der Waals surface area (Å²) in [6, 6.07) is 22.0. The third-order valence-corrected chi connectivity index (χ3v) is 4.45. The first-order valence-electron chi connectivity index (χ1n) is 8.57. The average Bonchev–Trinajstić information content (AvgIpc) is 2.92. The van der Waals surface area contributed by atoms with Crippen molar-refractivity contribution < 1.29 is 4.74 Å². The van der Waals surface area contributed by atoms with E-state index in [-0.39, 0.29) is 12.4 Å². The first-order valence-corrected chi connectivity index (χ1v) is 8.57. The fraction of sp³-hybridized carbons (Fsp3) is 0.190. The van der Waals surface area contributed by atoms with Gasteiger partial charge in [0.05, 0.1) is 11.0 Å². The molecule has 0 unspecified atom stereocenters. The Morgan fingerprint density at radius 3 is 2.28 bits per heavy atom. The van der Waals surface area contributed by atoms with Gasteiger partial charge in [-0.05, 0) is 41.5 Å². The van der Waals surface area contributed by atoms with Crippen LogP contribution in [-0.4, -0.2) is 9.13 Å². The van der Waals surface area contributed by atoms with Gasteiger partial charge >= 0.3 is 5.69 Å². The van der Waals surface area contributed by atoms with Gasteiger partial charge in [0.1, 0.15) is 5.75 Å². The topological polar surface area (TPSA) is 36.2 Å². The lowest BCUT2D eigenvalue weighted by Crippen LogP contribution is -2.26. The van der Waals surface area contributed by atoms with Gasteiger partial charge in [0.25, 0.3) is 0 Å². The summed E-state index contributed by atoms with van der Waals surface area (Å²) in [4.78, 5) is 12.8. The molecule has 1 heterocycles. The first kappa shape index (κ1) is 15.5.